The maximum atomic E-state index is 5.24. The quantitative estimate of drug-likeness (QED) is 0.748. The zero-order valence-electron chi connectivity index (χ0n) is 9.58. The van der Waals surface area contributed by atoms with Gasteiger partial charge in [-0.15, -0.1) is 0 Å². The smallest absolute Gasteiger partial charge is 0.240 e. The van der Waals surface area contributed by atoms with Crippen molar-refractivity contribution in [2.24, 2.45) is 0 Å². The fourth-order valence-electron chi connectivity index (χ4n) is 1.52. The van der Waals surface area contributed by atoms with Crippen molar-refractivity contribution < 1.29 is 4.52 Å². The van der Waals surface area contributed by atoms with Crippen LogP contribution in [0.15, 0.2) is 27.2 Å². The molecule has 5 heteroatoms. The molecule has 0 aliphatic carbocycles. The second kappa shape index (κ2) is 5.31. The lowest BCUT2D eigenvalue weighted by atomic mass is 10.1. The Balaban J connectivity index is 2.37. The van der Waals surface area contributed by atoms with Crippen LogP contribution in [0.4, 0.5) is 0 Å². The first-order valence-electron chi connectivity index (χ1n) is 5.36. The molecule has 0 radical (unpaired) electrons. The number of benzene rings is 1. The highest BCUT2D eigenvalue weighted by Gasteiger charge is 2.15. The van der Waals surface area contributed by atoms with Gasteiger partial charge in [-0.25, -0.2) is 0 Å². The standard InChI is InChI=1S/C12H12Br2N2O/c1-3-10(14)12-15-11(16-17-12)9-5-4-8(13)6-7(9)2/h4-6,10H,3H2,1-2H3. The summed E-state index contributed by atoms with van der Waals surface area (Å²) >= 11 is 6.93. The van der Waals surface area contributed by atoms with Crippen LogP contribution < -0.4 is 0 Å². The zero-order valence-corrected chi connectivity index (χ0v) is 12.7. The van der Waals surface area contributed by atoms with Crippen molar-refractivity contribution in [3.8, 4) is 11.4 Å². The van der Waals surface area contributed by atoms with E-state index in [4.69, 9.17) is 4.52 Å². The van der Waals surface area contributed by atoms with Gasteiger partial charge in [-0.05, 0) is 37.1 Å². The first kappa shape index (κ1) is 12.8. The van der Waals surface area contributed by atoms with Gasteiger partial charge in [0.1, 0.15) is 0 Å². The number of nitrogens with zero attached hydrogens (tertiary/aromatic N) is 2. The Morgan fingerprint density at radius 3 is 2.82 bits per heavy atom. The van der Waals surface area contributed by atoms with Crippen LogP contribution >= 0.6 is 31.9 Å². The van der Waals surface area contributed by atoms with Crippen LogP contribution in [0.25, 0.3) is 11.4 Å². The molecule has 1 unspecified atom stereocenters. The van der Waals surface area contributed by atoms with Crippen molar-refractivity contribution in [2.45, 2.75) is 25.1 Å². The number of hydrogen-bond donors (Lipinski definition) is 0. The third-order valence-electron chi connectivity index (χ3n) is 2.50. The second-order valence-electron chi connectivity index (χ2n) is 3.79. The van der Waals surface area contributed by atoms with Crippen LogP contribution in [0.5, 0.6) is 0 Å². The first-order chi connectivity index (χ1) is 8.11. The number of rotatable bonds is 3. The molecule has 2 rings (SSSR count). The molecular weight excluding hydrogens is 348 g/mol. The first-order valence-corrected chi connectivity index (χ1v) is 7.07. The van der Waals surface area contributed by atoms with Crippen molar-refractivity contribution in [1.29, 1.82) is 0 Å². The monoisotopic (exact) mass is 358 g/mol. The lowest BCUT2D eigenvalue weighted by Gasteiger charge is -2.01. The topological polar surface area (TPSA) is 38.9 Å². The van der Waals surface area contributed by atoms with E-state index in [0.29, 0.717) is 11.7 Å². The molecule has 0 amide bonds. The molecule has 1 heterocycles. The van der Waals surface area contributed by atoms with E-state index in [2.05, 4.69) is 48.9 Å². The van der Waals surface area contributed by atoms with Gasteiger partial charge in [-0.1, -0.05) is 43.9 Å². The van der Waals surface area contributed by atoms with Gasteiger partial charge in [0.25, 0.3) is 0 Å². The zero-order chi connectivity index (χ0) is 12.4. The maximum Gasteiger partial charge on any atom is 0.240 e. The molecular formula is C12H12Br2N2O. The van der Waals surface area contributed by atoms with Gasteiger partial charge in [0.05, 0.1) is 4.83 Å². The number of aromatic nitrogens is 2. The molecule has 1 aromatic carbocycles. The van der Waals surface area contributed by atoms with E-state index in [0.717, 1.165) is 22.0 Å². The summed E-state index contributed by atoms with van der Waals surface area (Å²) in [6.45, 7) is 4.09. The van der Waals surface area contributed by atoms with Crippen LogP contribution in [-0.4, -0.2) is 10.1 Å². The number of halogens is 2. The van der Waals surface area contributed by atoms with E-state index in [1.165, 1.54) is 0 Å². The summed E-state index contributed by atoms with van der Waals surface area (Å²) in [6, 6.07) is 6.00. The Kier molecular flexibility index (Phi) is 3.99. The molecule has 90 valence electrons. The minimum atomic E-state index is 0.125. The molecule has 0 fully saturated rings. The van der Waals surface area contributed by atoms with Crippen molar-refractivity contribution in [3.05, 3.63) is 34.1 Å². The van der Waals surface area contributed by atoms with Crippen LogP contribution in [0.2, 0.25) is 0 Å². The van der Waals surface area contributed by atoms with Gasteiger partial charge in [-0.2, -0.15) is 4.98 Å². The van der Waals surface area contributed by atoms with Gasteiger partial charge in [0.15, 0.2) is 0 Å². The van der Waals surface area contributed by atoms with Gasteiger partial charge >= 0.3 is 0 Å². The van der Waals surface area contributed by atoms with Crippen LogP contribution in [0, 0.1) is 6.92 Å². The third-order valence-corrected chi connectivity index (χ3v) is 4.03. The fourth-order valence-corrected chi connectivity index (χ4v) is 2.19. The summed E-state index contributed by atoms with van der Waals surface area (Å²) in [5.41, 5.74) is 2.12. The van der Waals surface area contributed by atoms with E-state index in [1.807, 2.05) is 25.1 Å². The van der Waals surface area contributed by atoms with E-state index >= 15 is 0 Å². The number of alkyl halides is 1. The summed E-state index contributed by atoms with van der Waals surface area (Å²) in [7, 11) is 0. The van der Waals surface area contributed by atoms with Crippen molar-refractivity contribution in [3.63, 3.8) is 0 Å². The SMILES string of the molecule is CCC(Br)c1nc(-c2ccc(Br)cc2C)no1. The molecule has 0 bridgehead atoms. The van der Waals surface area contributed by atoms with E-state index < -0.39 is 0 Å². The van der Waals surface area contributed by atoms with E-state index in [-0.39, 0.29) is 4.83 Å². The van der Waals surface area contributed by atoms with Gasteiger partial charge in [0.2, 0.25) is 11.7 Å². The summed E-state index contributed by atoms with van der Waals surface area (Å²) < 4.78 is 6.29. The minimum Gasteiger partial charge on any atom is -0.338 e. The van der Waals surface area contributed by atoms with Crippen molar-refractivity contribution in [2.75, 3.05) is 0 Å². The largest absolute Gasteiger partial charge is 0.338 e. The number of aryl methyl sites for hydroxylation is 1. The summed E-state index contributed by atoms with van der Waals surface area (Å²) in [5, 5.41) is 4.01. The molecule has 0 saturated carbocycles. The molecule has 17 heavy (non-hydrogen) atoms. The predicted molar refractivity (Wildman–Crippen MR) is 74.1 cm³/mol. The fraction of sp³-hybridized carbons (Fsp3) is 0.333. The lowest BCUT2D eigenvalue weighted by Crippen LogP contribution is -1.89. The molecule has 1 aromatic heterocycles. The summed E-state index contributed by atoms with van der Waals surface area (Å²) in [5.74, 6) is 1.27. The van der Waals surface area contributed by atoms with Gasteiger partial charge in [-0.3, -0.25) is 0 Å². The number of hydrogen-bond acceptors (Lipinski definition) is 3. The molecule has 1 atom stereocenters. The highest BCUT2D eigenvalue weighted by Crippen LogP contribution is 2.28. The average molecular weight is 360 g/mol. The van der Waals surface area contributed by atoms with Crippen molar-refractivity contribution in [1.82, 2.24) is 10.1 Å². The van der Waals surface area contributed by atoms with Crippen LogP contribution in [0.3, 0.4) is 0 Å². The summed E-state index contributed by atoms with van der Waals surface area (Å²) in [4.78, 5) is 4.53. The maximum absolute atomic E-state index is 5.24. The predicted octanol–water partition coefficient (Wildman–Crippen LogP) is 4.65. The minimum absolute atomic E-state index is 0.125. The summed E-state index contributed by atoms with van der Waals surface area (Å²) in [6.07, 6.45) is 0.918. The molecule has 0 N–H and O–H groups in total. The highest BCUT2D eigenvalue weighted by molar-refractivity contribution is 9.10. The van der Waals surface area contributed by atoms with E-state index in [9.17, 15) is 0 Å². The Bertz CT molecular complexity index is 525. The Labute approximate surface area is 117 Å². The molecule has 0 spiro atoms. The second-order valence-corrected chi connectivity index (χ2v) is 5.81. The van der Waals surface area contributed by atoms with Crippen molar-refractivity contribution >= 4 is 31.9 Å². The molecule has 2 aromatic rings. The molecule has 0 aliphatic rings. The Hall–Kier alpha value is -0.680. The third kappa shape index (κ3) is 2.77. The highest BCUT2D eigenvalue weighted by atomic mass is 79.9. The molecule has 3 nitrogen and oxygen atoms in total. The molecule has 0 saturated heterocycles. The Morgan fingerprint density at radius 2 is 2.18 bits per heavy atom. The normalized spacial score (nSPS) is 12.7. The Morgan fingerprint density at radius 1 is 1.41 bits per heavy atom. The van der Waals surface area contributed by atoms with Gasteiger partial charge < -0.3 is 4.52 Å². The van der Waals surface area contributed by atoms with Gasteiger partial charge in [0, 0.05) is 10.0 Å². The van der Waals surface area contributed by atoms with Crippen LogP contribution in [0.1, 0.15) is 29.6 Å². The molecule has 0 aliphatic heterocycles. The lowest BCUT2D eigenvalue weighted by molar-refractivity contribution is 0.377. The van der Waals surface area contributed by atoms with E-state index in [1.54, 1.807) is 0 Å². The van der Waals surface area contributed by atoms with Crippen LogP contribution in [-0.2, 0) is 0 Å². The average Bonchev–Trinajstić information content (AvgIpc) is 2.77.